The zero-order valence-corrected chi connectivity index (χ0v) is 16.2. The fourth-order valence-corrected chi connectivity index (χ4v) is 2.70. The van der Waals surface area contributed by atoms with Crippen LogP contribution in [0.5, 0.6) is 17.2 Å². The van der Waals surface area contributed by atoms with Crippen LogP contribution in [0.25, 0.3) is 0 Å². The van der Waals surface area contributed by atoms with Crippen molar-refractivity contribution < 1.29 is 14.2 Å². The van der Waals surface area contributed by atoms with Gasteiger partial charge in [0.05, 0.1) is 27.0 Å². The van der Waals surface area contributed by atoms with Crippen molar-refractivity contribution in [2.75, 3.05) is 38.5 Å². The van der Waals surface area contributed by atoms with Gasteiger partial charge >= 0.3 is 0 Å². The molecule has 3 rings (SSSR count). The lowest BCUT2D eigenvalue weighted by molar-refractivity contribution is 0.395. The number of anilines is 3. The number of ether oxygens (including phenoxy) is 3. The van der Waals surface area contributed by atoms with E-state index in [-0.39, 0.29) is 0 Å². The second-order valence-corrected chi connectivity index (χ2v) is 5.99. The first-order chi connectivity index (χ1) is 13.7. The monoisotopic (exact) mass is 380 g/mol. The van der Waals surface area contributed by atoms with Gasteiger partial charge in [0.25, 0.3) is 0 Å². The summed E-state index contributed by atoms with van der Waals surface area (Å²) in [5, 5.41) is 6.50. The minimum atomic E-state index is 0.481. The number of rotatable bonds is 9. The zero-order valence-electron chi connectivity index (χ0n) is 16.2. The van der Waals surface area contributed by atoms with Gasteiger partial charge in [0.15, 0.2) is 0 Å². The van der Waals surface area contributed by atoms with Crippen LogP contribution < -0.4 is 24.8 Å². The first-order valence-electron chi connectivity index (χ1n) is 8.90. The van der Waals surface area contributed by atoms with Crippen LogP contribution in [0, 0.1) is 0 Å². The summed E-state index contributed by atoms with van der Waals surface area (Å²) in [5.74, 6) is 3.46. The summed E-state index contributed by atoms with van der Waals surface area (Å²) < 4.78 is 15.9. The smallest absolute Gasteiger partial charge is 0.229 e. The summed E-state index contributed by atoms with van der Waals surface area (Å²) in [7, 11) is 4.90. The van der Waals surface area contributed by atoms with Gasteiger partial charge in [-0.25, -0.2) is 4.98 Å². The number of nitrogens with zero attached hydrogens (tertiary/aromatic N) is 2. The van der Waals surface area contributed by atoms with E-state index in [0.717, 1.165) is 36.0 Å². The predicted molar refractivity (Wildman–Crippen MR) is 110 cm³/mol. The molecule has 0 radical (unpaired) electrons. The third kappa shape index (κ3) is 5.03. The SMILES string of the molecule is COc1cccc(CCNc2ccnc(Nc3ccc(OC)cc3OC)n2)c1. The van der Waals surface area contributed by atoms with Crippen LogP contribution in [-0.2, 0) is 6.42 Å². The van der Waals surface area contributed by atoms with E-state index in [4.69, 9.17) is 14.2 Å². The van der Waals surface area contributed by atoms with Gasteiger partial charge in [-0.1, -0.05) is 12.1 Å². The average Bonchev–Trinajstić information content (AvgIpc) is 2.74. The molecule has 0 aliphatic heterocycles. The standard InChI is InChI=1S/C21H24N4O3/c1-26-16-6-4-5-15(13-16)9-11-22-20-10-12-23-21(25-20)24-18-8-7-17(27-2)14-19(18)28-3/h4-8,10,12-14H,9,11H2,1-3H3,(H2,22,23,24,25). The molecule has 0 saturated heterocycles. The Labute approximate surface area is 164 Å². The maximum atomic E-state index is 5.40. The number of methoxy groups -OCH3 is 3. The predicted octanol–water partition coefficient (Wildman–Crippen LogP) is 3.90. The highest BCUT2D eigenvalue weighted by molar-refractivity contribution is 5.64. The van der Waals surface area contributed by atoms with Gasteiger partial charge in [-0.05, 0) is 42.3 Å². The lowest BCUT2D eigenvalue weighted by Crippen LogP contribution is -2.08. The lowest BCUT2D eigenvalue weighted by Gasteiger charge is -2.12. The second-order valence-electron chi connectivity index (χ2n) is 5.99. The molecule has 0 fully saturated rings. The molecule has 0 saturated carbocycles. The van der Waals surface area contributed by atoms with Crippen LogP contribution in [0.15, 0.2) is 54.7 Å². The average molecular weight is 380 g/mol. The van der Waals surface area contributed by atoms with Crippen molar-refractivity contribution >= 4 is 17.5 Å². The Kier molecular flexibility index (Phi) is 6.51. The topological polar surface area (TPSA) is 77.5 Å². The third-order valence-electron chi connectivity index (χ3n) is 4.16. The van der Waals surface area contributed by atoms with Gasteiger partial charge < -0.3 is 24.8 Å². The maximum absolute atomic E-state index is 5.40. The van der Waals surface area contributed by atoms with Crippen molar-refractivity contribution in [2.24, 2.45) is 0 Å². The van der Waals surface area contributed by atoms with E-state index < -0.39 is 0 Å². The normalized spacial score (nSPS) is 10.2. The van der Waals surface area contributed by atoms with Crippen LogP contribution in [0.2, 0.25) is 0 Å². The molecule has 0 atom stereocenters. The highest BCUT2D eigenvalue weighted by Gasteiger charge is 2.07. The van der Waals surface area contributed by atoms with Crippen molar-refractivity contribution in [2.45, 2.75) is 6.42 Å². The number of nitrogens with one attached hydrogen (secondary N) is 2. The number of benzene rings is 2. The summed E-state index contributed by atoms with van der Waals surface area (Å²) >= 11 is 0. The molecule has 0 unspecified atom stereocenters. The molecular weight excluding hydrogens is 356 g/mol. The first-order valence-corrected chi connectivity index (χ1v) is 8.90. The van der Waals surface area contributed by atoms with Gasteiger partial charge in [-0.15, -0.1) is 0 Å². The molecule has 0 aliphatic rings. The molecule has 1 aromatic heterocycles. The summed E-state index contributed by atoms with van der Waals surface area (Å²) in [6.07, 6.45) is 2.56. The highest BCUT2D eigenvalue weighted by atomic mass is 16.5. The lowest BCUT2D eigenvalue weighted by atomic mass is 10.1. The Morgan fingerprint density at radius 3 is 2.50 bits per heavy atom. The van der Waals surface area contributed by atoms with Crippen LogP contribution >= 0.6 is 0 Å². The van der Waals surface area contributed by atoms with Crippen molar-refractivity contribution in [3.63, 3.8) is 0 Å². The van der Waals surface area contributed by atoms with Crippen LogP contribution in [0.4, 0.5) is 17.5 Å². The summed E-state index contributed by atoms with van der Waals surface area (Å²) in [5.41, 5.74) is 1.96. The van der Waals surface area contributed by atoms with Gasteiger partial charge in [-0.3, -0.25) is 0 Å². The molecule has 28 heavy (non-hydrogen) atoms. The van der Waals surface area contributed by atoms with E-state index in [1.807, 2.05) is 36.4 Å². The fourth-order valence-electron chi connectivity index (χ4n) is 2.70. The van der Waals surface area contributed by atoms with E-state index >= 15 is 0 Å². The van der Waals surface area contributed by atoms with E-state index in [1.165, 1.54) is 5.56 Å². The zero-order chi connectivity index (χ0) is 19.8. The van der Waals surface area contributed by atoms with Crippen LogP contribution in [-0.4, -0.2) is 37.8 Å². The van der Waals surface area contributed by atoms with Gasteiger partial charge in [-0.2, -0.15) is 4.98 Å². The van der Waals surface area contributed by atoms with Gasteiger partial charge in [0, 0.05) is 18.8 Å². The Morgan fingerprint density at radius 1 is 0.893 bits per heavy atom. The molecule has 0 amide bonds. The van der Waals surface area contributed by atoms with Crippen molar-refractivity contribution in [1.82, 2.24) is 9.97 Å². The molecule has 1 heterocycles. The van der Waals surface area contributed by atoms with E-state index in [9.17, 15) is 0 Å². The Morgan fingerprint density at radius 2 is 1.71 bits per heavy atom. The van der Waals surface area contributed by atoms with E-state index in [0.29, 0.717) is 11.7 Å². The molecule has 7 heteroatoms. The second kappa shape index (κ2) is 9.45. The molecule has 7 nitrogen and oxygen atoms in total. The summed E-state index contributed by atoms with van der Waals surface area (Å²) in [6, 6.07) is 15.4. The molecule has 0 spiro atoms. The highest BCUT2D eigenvalue weighted by Crippen LogP contribution is 2.30. The Bertz CT molecular complexity index is 918. The van der Waals surface area contributed by atoms with Crippen molar-refractivity contribution in [1.29, 1.82) is 0 Å². The fraction of sp³-hybridized carbons (Fsp3) is 0.238. The molecule has 146 valence electrons. The van der Waals surface area contributed by atoms with Crippen molar-refractivity contribution in [3.8, 4) is 17.2 Å². The number of aromatic nitrogens is 2. The van der Waals surface area contributed by atoms with Crippen LogP contribution in [0.1, 0.15) is 5.56 Å². The van der Waals surface area contributed by atoms with E-state index in [1.54, 1.807) is 33.6 Å². The largest absolute Gasteiger partial charge is 0.497 e. The summed E-state index contributed by atoms with van der Waals surface area (Å²) in [4.78, 5) is 8.78. The minimum Gasteiger partial charge on any atom is -0.497 e. The first kappa shape index (κ1) is 19.3. The van der Waals surface area contributed by atoms with Gasteiger partial charge in [0.2, 0.25) is 5.95 Å². The Hall–Kier alpha value is -3.48. The third-order valence-corrected chi connectivity index (χ3v) is 4.16. The molecule has 0 aliphatic carbocycles. The maximum Gasteiger partial charge on any atom is 0.229 e. The van der Waals surface area contributed by atoms with E-state index in [2.05, 4.69) is 26.7 Å². The minimum absolute atomic E-state index is 0.481. The van der Waals surface area contributed by atoms with Gasteiger partial charge in [0.1, 0.15) is 23.1 Å². The number of hydrogen-bond acceptors (Lipinski definition) is 7. The van der Waals surface area contributed by atoms with Crippen LogP contribution in [0.3, 0.4) is 0 Å². The molecule has 2 aromatic carbocycles. The molecule has 0 bridgehead atoms. The summed E-state index contributed by atoms with van der Waals surface area (Å²) in [6.45, 7) is 0.746. The quantitative estimate of drug-likeness (QED) is 0.583. The Balaban J connectivity index is 1.62. The van der Waals surface area contributed by atoms with Crippen molar-refractivity contribution in [3.05, 3.63) is 60.3 Å². The molecule has 2 N–H and O–H groups in total. The molecule has 3 aromatic rings. The number of hydrogen-bond donors (Lipinski definition) is 2. The molecular formula is C21H24N4O3.